The largest absolute Gasteiger partial charge is 0.480 e. The smallest absolute Gasteiger partial charge is 0.323 e. The molecule has 6 heteroatoms. The number of unbranched alkanes of at least 4 members (excludes halogenated alkanes) is 14. The van der Waals surface area contributed by atoms with Crippen LogP contribution in [0, 0.1) is 0 Å². The van der Waals surface area contributed by atoms with Gasteiger partial charge in [-0.1, -0.05) is 151 Å². The number of carboxylic acid groups (broad SMARTS) is 1. The van der Waals surface area contributed by atoms with Crippen LogP contribution in [0.1, 0.15) is 115 Å². The van der Waals surface area contributed by atoms with Crippen LogP contribution < -0.4 is 0 Å². The molecule has 1 N–H and O–H groups in total. The van der Waals surface area contributed by atoms with Gasteiger partial charge in [-0.3, -0.25) is 14.5 Å². The number of aliphatic carboxylic acids is 1. The van der Waals surface area contributed by atoms with E-state index in [0.717, 1.165) is 30.4 Å². The highest BCUT2D eigenvalue weighted by atomic mass is 32.2. The third-order valence-electron chi connectivity index (χ3n) is 6.57. The number of hydrogen-bond acceptors (Lipinski definition) is 4. The first-order valence-corrected chi connectivity index (χ1v) is 14.8. The maximum atomic E-state index is 12.9. The lowest BCUT2D eigenvalue weighted by molar-refractivity contribution is -0.140. The molecule has 1 saturated heterocycles. The van der Waals surface area contributed by atoms with Crippen LogP contribution in [0.15, 0.2) is 35.2 Å². The summed E-state index contributed by atoms with van der Waals surface area (Å²) in [5, 5.41) is 9.12. The summed E-state index contributed by atoms with van der Waals surface area (Å²) in [6.07, 6.45) is 20.6. The van der Waals surface area contributed by atoms with Gasteiger partial charge in [0.15, 0.2) is 0 Å². The van der Waals surface area contributed by atoms with Crippen LogP contribution in [-0.4, -0.2) is 32.7 Å². The molecule has 1 aliphatic heterocycles. The Balaban J connectivity index is 1.69. The van der Waals surface area contributed by atoms with Gasteiger partial charge in [-0.2, -0.15) is 0 Å². The summed E-state index contributed by atoms with van der Waals surface area (Å²) in [4.78, 5) is 25.9. The van der Waals surface area contributed by atoms with Crippen LogP contribution in [0.2, 0.25) is 0 Å². The lowest BCUT2D eigenvalue weighted by Gasteiger charge is -2.12. The highest BCUT2D eigenvalue weighted by Gasteiger charge is 2.35. The van der Waals surface area contributed by atoms with Crippen molar-refractivity contribution >= 4 is 45.7 Å². The minimum atomic E-state index is -1.05. The van der Waals surface area contributed by atoms with Crippen molar-refractivity contribution in [3.8, 4) is 0 Å². The first-order chi connectivity index (χ1) is 17.0. The zero-order chi connectivity index (χ0) is 25.3. The zero-order valence-electron chi connectivity index (χ0n) is 21.4. The van der Waals surface area contributed by atoms with Crippen molar-refractivity contribution in [3.63, 3.8) is 0 Å². The van der Waals surface area contributed by atoms with E-state index in [1.807, 2.05) is 30.3 Å². The van der Waals surface area contributed by atoms with E-state index in [0.29, 0.717) is 9.23 Å². The van der Waals surface area contributed by atoms with Gasteiger partial charge in [0.25, 0.3) is 5.91 Å². The van der Waals surface area contributed by atoms with Crippen molar-refractivity contribution in [1.29, 1.82) is 0 Å². The predicted molar refractivity (Wildman–Crippen MR) is 152 cm³/mol. The molecule has 4 nitrogen and oxygen atoms in total. The maximum Gasteiger partial charge on any atom is 0.323 e. The van der Waals surface area contributed by atoms with Gasteiger partial charge in [0.05, 0.1) is 4.91 Å². The van der Waals surface area contributed by atoms with Crippen LogP contribution in [0.3, 0.4) is 0 Å². The van der Waals surface area contributed by atoms with Gasteiger partial charge in [-0.05, 0) is 24.0 Å². The summed E-state index contributed by atoms with van der Waals surface area (Å²) in [6.45, 7) is 1.89. The van der Waals surface area contributed by atoms with E-state index >= 15 is 0 Å². The van der Waals surface area contributed by atoms with Gasteiger partial charge in [0.2, 0.25) is 0 Å². The number of benzene rings is 1. The van der Waals surface area contributed by atoms with Crippen LogP contribution in [0.5, 0.6) is 0 Å². The highest BCUT2D eigenvalue weighted by molar-refractivity contribution is 8.26. The Kier molecular flexibility index (Phi) is 15.0. The maximum absolute atomic E-state index is 12.9. The van der Waals surface area contributed by atoms with Gasteiger partial charge in [-0.25, -0.2) is 0 Å². The molecular weight excluding hydrogens is 474 g/mol. The lowest BCUT2D eigenvalue weighted by Crippen LogP contribution is -2.33. The zero-order valence-corrected chi connectivity index (χ0v) is 23.1. The Bertz CT molecular complexity index is 822. The molecule has 1 aromatic carbocycles. The third-order valence-corrected chi connectivity index (χ3v) is 8.06. The summed E-state index contributed by atoms with van der Waals surface area (Å²) < 4.78 is 0.331. The van der Waals surface area contributed by atoms with Gasteiger partial charge in [-0.15, -0.1) is 0 Å². The Hall–Kier alpha value is -1.66. The molecule has 2 rings (SSSR count). The summed E-state index contributed by atoms with van der Waals surface area (Å²) in [7, 11) is 0. The Labute approximate surface area is 221 Å². The standard InChI is InChI=1S/C29H43NO3S2/c1-2-3-4-5-6-7-8-9-10-11-12-13-14-15-19-22-25(24-20-17-16-18-21-24)27-28(33)30(23-26(31)32)29(34)35-27/h16-18,20-21H,2-15,19,22-23H2,1H3,(H,31,32)/b27-25+. The van der Waals surface area contributed by atoms with Gasteiger partial charge >= 0.3 is 5.97 Å². The molecule has 0 radical (unpaired) electrons. The number of amides is 1. The molecule has 194 valence electrons. The van der Waals surface area contributed by atoms with Crippen molar-refractivity contribution < 1.29 is 14.7 Å². The van der Waals surface area contributed by atoms with E-state index < -0.39 is 5.97 Å². The number of nitrogens with zero attached hydrogens (tertiary/aromatic N) is 1. The molecule has 0 saturated carbocycles. The molecule has 1 heterocycles. The molecule has 0 spiro atoms. The summed E-state index contributed by atoms with van der Waals surface area (Å²) >= 11 is 6.54. The molecule has 35 heavy (non-hydrogen) atoms. The quantitative estimate of drug-likeness (QED) is 0.113. The minimum absolute atomic E-state index is 0.276. The SMILES string of the molecule is CCCCCCCCCCCCCCCCC/C(=C1\SC(=S)N(CC(=O)O)C1=O)c1ccccc1. The van der Waals surface area contributed by atoms with E-state index in [4.69, 9.17) is 17.3 Å². The average Bonchev–Trinajstić information content (AvgIpc) is 3.12. The fourth-order valence-electron chi connectivity index (χ4n) is 4.56. The molecule has 0 bridgehead atoms. The number of carboxylic acids is 1. The van der Waals surface area contributed by atoms with Crippen molar-refractivity contribution in [3.05, 3.63) is 40.8 Å². The molecule has 1 fully saturated rings. The summed E-state index contributed by atoms with van der Waals surface area (Å²) in [6, 6.07) is 9.94. The van der Waals surface area contributed by atoms with E-state index in [9.17, 15) is 9.59 Å². The van der Waals surface area contributed by atoms with Crippen molar-refractivity contribution in [2.45, 2.75) is 110 Å². The lowest BCUT2D eigenvalue weighted by atomic mass is 9.98. The number of hydrogen-bond donors (Lipinski definition) is 1. The van der Waals surface area contributed by atoms with Crippen LogP contribution >= 0.6 is 24.0 Å². The molecule has 0 aromatic heterocycles. The average molecular weight is 518 g/mol. The monoisotopic (exact) mass is 517 g/mol. The molecule has 0 aliphatic carbocycles. The molecule has 0 unspecified atom stereocenters. The summed E-state index contributed by atoms with van der Waals surface area (Å²) in [5.41, 5.74) is 2.01. The number of carbonyl (C=O) groups excluding carboxylic acids is 1. The van der Waals surface area contributed by atoms with Gasteiger partial charge in [0.1, 0.15) is 10.9 Å². The minimum Gasteiger partial charge on any atom is -0.480 e. The first kappa shape index (κ1) is 29.6. The number of carbonyl (C=O) groups is 2. The Morgan fingerprint density at radius 3 is 1.80 bits per heavy atom. The molecular formula is C29H43NO3S2. The number of thioether (sulfide) groups is 1. The predicted octanol–water partition coefficient (Wildman–Crippen LogP) is 8.60. The Morgan fingerprint density at radius 2 is 1.31 bits per heavy atom. The fraction of sp³-hybridized carbons (Fsp3) is 0.621. The van der Waals surface area contributed by atoms with E-state index in [1.54, 1.807) is 0 Å². The third kappa shape index (κ3) is 11.3. The van der Waals surface area contributed by atoms with Crippen LogP contribution in [0.25, 0.3) is 5.57 Å². The molecule has 1 aromatic rings. The van der Waals surface area contributed by atoms with Crippen LogP contribution in [0.4, 0.5) is 0 Å². The highest BCUT2D eigenvalue weighted by Crippen LogP contribution is 2.39. The Morgan fingerprint density at radius 1 is 0.829 bits per heavy atom. The van der Waals surface area contributed by atoms with Gasteiger partial charge < -0.3 is 5.11 Å². The number of rotatable bonds is 19. The van der Waals surface area contributed by atoms with Crippen molar-refractivity contribution in [2.24, 2.45) is 0 Å². The second-order valence-electron chi connectivity index (χ2n) is 9.53. The molecule has 1 aliphatic rings. The number of thiocarbonyl (C=S) groups is 1. The van der Waals surface area contributed by atoms with E-state index in [-0.39, 0.29) is 12.5 Å². The normalized spacial score (nSPS) is 15.2. The van der Waals surface area contributed by atoms with Gasteiger partial charge in [0, 0.05) is 0 Å². The fourth-order valence-corrected chi connectivity index (χ4v) is 5.93. The molecule has 0 atom stereocenters. The van der Waals surface area contributed by atoms with Crippen LogP contribution in [-0.2, 0) is 9.59 Å². The second kappa shape index (κ2) is 17.7. The molecule has 1 amide bonds. The first-order valence-electron chi connectivity index (χ1n) is 13.6. The van der Waals surface area contributed by atoms with E-state index in [2.05, 4.69) is 6.92 Å². The van der Waals surface area contributed by atoms with Crippen molar-refractivity contribution in [2.75, 3.05) is 6.54 Å². The van der Waals surface area contributed by atoms with E-state index in [1.165, 1.54) is 100 Å². The summed E-state index contributed by atoms with van der Waals surface area (Å²) in [5.74, 6) is -1.33. The topological polar surface area (TPSA) is 57.6 Å². The second-order valence-corrected chi connectivity index (χ2v) is 11.2. The van der Waals surface area contributed by atoms with Crippen molar-refractivity contribution in [1.82, 2.24) is 4.90 Å². The number of allylic oxidation sites excluding steroid dienone is 1.